The van der Waals surface area contributed by atoms with Crippen molar-refractivity contribution in [2.75, 3.05) is 18.5 Å². The minimum absolute atomic E-state index is 0.0979. The molecule has 0 aliphatic rings. The highest BCUT2D eigenvalue weighted by molar-refractivity contribution is 5.91. The van der Waals surface area contributed by atoms with Crippen LogP contribution in [0.5, 0.6) is 0 Å². The number of aliphatic hydroxyl groups is 1. The highest BCUT2D eigenvalue weighted by Crippen LogP contribution is 2.33. The van der Waals surface area contributed by atoms with Crippen molar-refractivity contribution in [2.45, 2.75) is 26.4 Å². The van der Waals surface area contributed by atoms with Crippen LogP contribution in [0.3, 0.4) is 0 Å². The van der Waals surface area contributed by atoms with Crippen LogP contribution >= 0.6 is 0 Å². The lowest BCUT2D eigenvalue weighted by Crippen LogP contribution is -2.24. The third-order valence-corrected chi connectivity index (χ3v) is 3.62. The van der Waals surface area contributed by atoms with E-state index in [1.165, 1.54) is 12.3 Å². The second-order valence-electron chi connectivity index (χ2n) is 6.08. The van der Waals surface area contributed by atoms with Gasteiger partial charge in [0.25, 0.3) is 0 Å². The molecule has 2 aromatic rings. The molecule has 2 rings (SSSR count). The number of rotatable bonds is 5. The first-order valence-corrected chi connectivity index (χ1v) is 7.04. The second-order valence-corrected chi connectivity index (χ2v) is 6.08. The number of halogens is 3. The van der Waals surface area contributed by atoms with E-state index in [4.69, 9.17) is 5.11 Å². The van der Waals surface area contributed by atoms with Crippen LogP contribution in [0.25, 0.3) is 10.9 Å². The molecule has 1 heterocycles. The fourth-order valence-corrected chi connectivity index (χ4v) is 2.20. The minimum Gasteiger partial charge on any atom is -0.396 e. The number of alkyl halides is 3. The molecule has 22 heavy (non-hydrogen) atoms. The Kier molecular flexibility index (Phi) is 4.60. The highest BCUT2D eigenvalue weighted by atomic mass is 19.4. The Morgan fingerprint density at radius 1 is 1.18 bits per heavy atom. The number of pyridine rings is 1. The first-order chi connectivity index (χ1) is 10.2. The Morgan fingerprint density at radius 2 is 1.91 bits per heavy atom. The normalized spacial score (nSPS) is 12.6. The molecule has 0 bridgehead atoms. The van der Waals surface area contributed by atoms with Gasteiger partial charge in [0.1, 0.15) is 0 Å². The fraction of sp³-hybridized carbons (Fsp3) is 0.438. The first kappa shape index (κ1) is 16.5. The van der Waals surface area contributed by atoms with Gasteiger partial charge in [0.2, 0.25) is 0 Å². The molecular weight excluding hydrogens is 293 g/mol. The van der Waals surface area contributed by atoms with Crippen molar-refractivity contribution in [3.63, 3.8) is 0 Å². The topological polar surface area (TPSA) is 45.1 Å². The predicted octanol–water partition coefficient (Wildman–Crippen LogP) is 4.07. The molecule has 0 aliphatic heterocycles. The summed E-state index contributed by atoms with van der Waals surface area (Å²) in [6.07, 6.45) is -2.24. The standard InChI is InChI=1S/C16H19F3N2O/c1-15(2,6-8-22)10-21-13-5-7-20-14-9-11(16(17,18)19)3-4-12(13)14/h3-5,7,9,22H,6,8,10H2,1-2H3,(H,20,21). The largest absolute Gasteiger partial charge is 0.416 e. The van der Waals surface area contributed by atoms with Gasteiger partial charge in [-0.3, -0.25) is 4.98 Å². The summed E-state index contributed by atoms with van der Waals surface area (Å²) in [5.74, 6) is 0. The van der Waals surface area contributed by atoms with Gasteiger partial charge >= 0.3 is 6.18 Å². The molecule has 0 unspecified atom stereocenters. The lowest BCUT2D eigenvalue weighted by atomic mass is 9.89. The van der Waals surface area contributed by atoms with Crippen molar-refractivity contribution in [3.8, 4) is 0 Å². The molecule has 0 radical (unpaired) electrons. The summed E-state index contributed by atoms with van der Waals surface area (Å²) in [5.41, 5.74) is 0.228. The van der Waals surface area contributed by atoms with Crippen LogP contribution in [0.2, 0.25) is 0 Å². The molecule has 1 aromatic carbocycles. The van der Waals surface area contributed by atoms with Gasteiger partial charge in [-0.2, -0.15) is 13.2 Å². The molecule has 3 nitrogen and oxygen atoms in total. The van der Waals surface area contributed by atoms with E-state index in [0.717, 1.165) is 17.8 Å². The summed E-state index contributed by atoms with van der Waals surface area (Å²) < 4.78 is 38.2. The summed E-state index contributed by atoms with van der Waals surface area (Å²) >= 11 is 0. The van der Waals surface area contributed by atoms with E-state index in [2.05, 4.69) is 10.3 Å². The van der Waals surface area contributed by atoms with Gasteiger partial charge < -0.3 is 10.4 Å². The molecule has 0 saturated heterocycles. The van der Waals surface area contributed by atoms with Gasteiger partial charge in [0.05, 0.1) is 11.1 Å². The molecule has 0 fully saturated rings. The number of nitrogens with zero attached hydrogens (tertiary/aromatic N) is 1. The Hall–Kier alpha value is -1.82. The van der Waals surface area contributed by atoms with Gasteiger partial charge in [-0.1, -0.05) is 19.9 Å². The Labute approximate surface area is 127 Å². The summed E-state index contributed by atoms with van der Waals surface area (Å²) in [7, 11) is 0. The molecule has 2 N–H and O–H groups in total. The fourth-order valence-electron chi connectivity index (χ4n) is 2.20. The van der Waals surface area contributed by atoms with Gasteiger partial charge in [-0.15, -0.1) is 0 Å². The van der Waals surface area contributed by atoms with Crippen LogP contribution in [0.15, 0.2) is 30.5 Å². The maximum absolute atomic E-state index is 12.7. The van der Waals surface area contributed by atoms with E-state index < -0.39 is 11.7 Å². The predicted molar refractivity (Wildman–Crippen MR) is 80.7 cm³/mol. The first-order valence-electron chi connectivity index (χ1n) is 7.04. The number of hydrogen-bond donors (Lipinski definition) is 2. The Bertz CT molecular complexity index is 653. The van der Waals surface area contributed by atoms with Crippen molar-refractivity contribution in [3.05, 3.63) is 36.0 Å². The maximum atomic E-state index is 12.7. The zero-order valence-electron chi connectivity index (χ0n) is 12.5. The minimum atomic E-state index is -4.37. The van der Waals surface area contributed by atoms with E-state index in [0.29, 0.717) is 23.9 Å². The van der Waals surface area contributed by atoms with Crippen molar-refractivity contribution < 1.29 is 18.3 Å². The lowest BCUT2D eigenvalue weighted by Gasteiger charge is -2.25. The third kappa shape index (κ3) is 3.88. The molecule has 1 aromatic heterocycles. The number of aliphatic hydroxyl groups excluding tert-OH is 1. The maximum Gasteiger partial charge on any atom is 0.416 e. The van der Waals surface area contributed by atoms with Gasteiger partial charge in [-0.25, -0.2) is 0 Å². The van der Waals surface area contributed by atoms with Crippen molar-refractivity contribution >= 4 is 16.6 Å². The second kappa shape index (κ2) is 6.12. The number of anilines is 1. The average molecular weight is 312 g/mol. The van der Waals surface area contributed by atoms with Crippen molar-refractivity contribution in [1.29, 1.82) is 0 Å². The quantitative estimate of drug-likeness (QED) is 0.874. The molecule has 120 valence electrons. The molecule has 0 amide bonds. The summed E-state index contributed by atoms with van der Waals surface area (Å²) in [5, 5.41) is 12.9. The molecule has 0 saturated carbocycles. The highest BCUT2D eigenvalue weighted by Gasteiger charge is 2.30. The number of fused-ring (bicyclic) bond motifs is 1. The van der Waals surface area contributed by atoms with Crippen molar-refractivity contribution in [1.82, 2.24) is 4.98 Å². The molecule has 0 aliphatic carbocycles. The monoisotopic (exact) mass is 312 g/mol. The molecule has 0 atom stereocenters. The van der Waals surface area contributed by atoms with Crippen LogP contribution in [-0.4, -0.2) is 23.2 Å². The average Bonchev–Trinajstić information content (AvgIpc) is 2.43. The smallest absolute Gasteiger partial charge is 0.396 e. The van der Waals surface area contributed by atoms with Gasteiger partial charge in [0.15, 0.2) is 0 Å². The van der Waals surface area contributed by atoms with Crippen LogP contribution in [-0.2, 0) is 6.18 Å². The Morgan fingerprint density at radius 3 is 2.55 bits per heavy atom. The lowest BCUT2D eigenvalue weighted by molar-refractivity contribution is -0.137. The van der Waals surface area contributed by atoms with Gasteiger partial charge in [0, 0.05) is 30.4 Å². The number of aromatic nitrogens is 1. The molecule has 6 heteroatoms. The van der Waals surface area contributed by atoms with E-state index in [1.54, 1.807) is 6.07 Å². The number of benzene rings is 1. The third-order valence-electron chi connectivity index (χ3n) is 3.62. The Balaban J connectivity index is 2.28. The van der Waals surface area contributed by atoms with Crippen LogP contribution in [0.1, 0.15) is 25.8 Å². The zero-order valence-corrected chi connectivity index (χ0v) is 12.5. The number of nitrogens with one attached hydrogen (secondary N) is 1. The van der Waals surface area contributed by atoms with Crippen LogP contribution in [0, 0.1) is 5.41 Å². The van der Waals surface area contributed by atoms with E-state index in [9.17, 15) is 13.2 Å². The van der Waals surface area contributed by atoms with E-state index in [1.807, 2.05) is 13.8 Å². The number of hydrogen-bond acceptors (Lipinski definition) is 3. The van der Waals surface area contributed by atoms with Crippen LogP contribution < -0.4 is 5.32 Å². The summed E-state index contributed by atoms with van der Waals surface area (Å²) in [6, 6.07) is 5.30. The van der Waals surface area contributed by atoms with E-state index in [-0.39, 0.29) is 12.0 Å². The molecular formula is C16H19F3N2O. The van der Waals surface area contributed by atoms with Gasteiger partial charge in [-0.05, 0) is 30.0 Å². The summed E-state index contributed by atoms with van der Waals surface area (Å²) in [6.45, 7) is 4.73. The van der Waals surface area contributed by atoms with Crippen LogP contribution in [0.4, 0.5) is 18.9 Å². The zero-order chi connectivity index (χ0) is 16.4. The van der Waals surface area contributed by atoms with Crippen molar-refractivity contribution in [2.24, 2.45) is 5.41 Å². The summed E-state index contributed by atoms with van der Waals surface area (Å²) in [4.78, 5) is 4.02. The molecule has 0 spiro atoms. The SMILES string of the molecule is CC(C)(CCO)CNc1ccnc2cc(C(F)(F)F)ccc12. The van der Waals surface area contributed by atoms with E-state index >= 15 is 0 Å².